The number of carbonyl (C=O) groups excluding carboxylic acids is 3. The maximum absolute atomic E-state index is 13.0. The highest BCUT2D eigenvalue weighted by atomic mass is 19.1. The van der Waals surface area contributed by atoms with E-state index in [0.29, 0.717) is 51.0 Å². The molecule has 7 heteroatoms. The van der Waals surface area contributed by atoms with Gasteiger partial charge in [0.25, 0.3) is 5.91 Å². The minimum Gasteiger partial charge on any atom is -0.356 e. The van der Waals surface area contributed by atoms with Crippen LogP contribution in [0.25, 0.3) is 0 Å². The summed E-state index contributed by atoms with van der Waals surface area (Å²) in [4.78, 5) is 39.8. The molecule has 0 saturated carbocycles. The van der Waals surface area contributed by atoms with Crippen molar-refractivity contribution in [3.05, 3.63) is 35.6 Å². The van der Waals surface area contributed by atoms with Gasteiger partial charge in [-0.3, -0.25) is 14.4 Å². The van der Waals surface area contributed by atoms with E-state index >= 15 is 0 Å². The number of hydrogen-bond acceptors (Lipinski definition) is 3. The van der Waals surface area contributed by atoms with E-state index in [0.717, 1.165) is 19.4 Å². The van der Waals surface area contributed by atoms with Gasteiger partial charge in [0.2, 0.25) is 11.8 Å². The molecule has 3 amide bonds. The number of benzene rings is 1. The number of rotatable bonds is 6. The maximum Gasteiger partial charge on any atom is 0.253 e. The van der Waals surface area contributed by atoms with Gasteiger partial charge in [0, 0.05) is 50.6 Å². The molecule has 0 bridgehead atoms. The Balaban J connectivity index is 1.36. The summed E-state index contributed by atoms with van der Waals surface area (Å²) >= 11 is 0. The minimum absolute atomic E-state index is 0.0247. The van der Waals surface area contributed by atoms with E-state index < -0.39 is 0 Å². The molecule has 3 rings (SSSR count). The molecule has 0 spiro atoms. The van der Waals surface area contributed by atoms with Crippen LogP contribution in [-0.4, -0.2) is 60.2 Å². The van der Waals surface area contributed by atoms with Crippen LogP contribution in [0.3, 0.4) is 0 Å². The average Bonchev–Trinajstić information content (AvgIpc) is 3.10. The first-order valence-electron chi connectivity index (χ1n) is 9.65. The first-order valence-corrected chi connectivity index (χ1v) is 9.65. The Labute approximate surface area is 158 Å². The molecular weight excluding hydrogens is 349 g/mol. The predicted octanol–water partition coefficient (Wildman–Crippen LogP) is 1.81. The van der Waals surface area contributed by atoms with Crippen LogP contribution < -0.4 is 5.32 Å². The fraction of sp³-hybridized carbons (Fsp3) is 0.550. The van der Waals surface area contributed by atoms with Crippen LogP contribution in [-0.2, 0) is 9.59 Å². The van der Waals surface area contributed by atoms with Crippen molar-refractivity contribution < 1.29 is 18.8 Å². The second kappa shape index (κ2) is 8.97. The Morgan fingerprint density at radius 1 is 1.11 bits per heavy atom. The number of nitrogens with one attached hydrogen (secondary N) is 1. The van der Waals surface area contributed by atoms with Crippen molar-refractivity contribution in [1.29, 1.82) is 0 Å². The van der Waals surface area contributed by atoms with E-state index in [4.69, 9.17) is 0 Å². The lowest BCUT2D eigenvalue weighted by Gasteiger charge is -2.31. The summed E-state index contributed by atoms with van der Waals surface area (Å²) in [7, 11) is 0. The van der Waals surface area contributed by atoms with Gasteiger partial charge in [-0.15, -0.1) is 0 Å². The molecule has 0 atom stereocenters. The van der Waals surface area contributed by atoms with Crippen LogP contribution in [0.1, 0.15) is 42.5 Å². The number of nitrogens with zero attached hydrogens (tertiary/aromatic N) is 2. The molecule has 0 aromatic heterocycles. The van der Waals surface area contributed by atoms with Crippen LogP contribution in [0.5, 0.6) is 0 Å². The number of likely N-dealkylation sites (tertiary alicyclic amines) is 2. The molecule has 0 aliphatic carbocycles. The van der Waals surface area contributed by atoms with Crippen LogP contribution in [0, 0.1) is 11.7 Å². The molecule has 2 saturated heterocycles. The number of amides is 3. The van der Waals surface area contributed by atoms with Crippen LogP contribution in [0.15, 0.2) is 24.3 Å². The third-order valence-corrected chi connectivity index (χ3v) is 5.32. The van der Waals surface area contributed by atoms with Crippen molar-refractivity contribution in [3.8, 4) is 0 Å². The summed E-state index contributed by atoms with van der Waals surface area (Å²) in [6, 6.07) is 5.54. The molecule has 2 fully saturated rings. The molecule has 1 N–H and O–H groups in total. The lowest BCUT2D eigenvalue weighted by molar-refractivity contribution is -0.127. The third kappa shape index (κ3) is 5.05. The lowest BCUT2D eigenvalue weighted by Crippen LogP contribution is -2.43. The second-order valence-corrected chi connectivity index (χ2v) is 7.20. The van der Waals surface area contributed by atoms with Crippen LogP contribution in [0.2, 0.25) is 0 Å². The average molecular weight is 375 g/mol. The molecule has 0 radical (unpaired) electrons. The normalized spacial score (nSPS) is 18.0. The Morgan fingerprint density at radius 2 is 1.81 bits per heavy atom. The highest BCUT2D eigenvalue weighted by Crippen LogP contribution is 2.19. The van der Waals surface area contributed by atoms with Gasteiger partial charge in [-0.1, -0.05) is 0 Å². The van der Waals surface area contributed by atoms with Crippen molar-refractivity contribution in [2.24, 2.45) is 5.92 Å². The van der Waals surface area contributed by atoms with Crippen molar-refractivity contribution >= 4 is 17.7 Å². The fourth-order valence-corrected chi connectivity index (χ4v) is 3.69. The summed E-state index contributed by atoms with van der Waals surface area (Å²) in [6.45, 7) is 3.14. The minimum atomic E-state index is -0.365. The summed E-state index contributed by atoms with van der Waals surface area (Å²) in [5, 5.41) is 2.95. The first-order chi connectivity index (χ1) is 13.0. The van der Waals surface area contributed by atoms with E-state index in [1.807, 2.05) is 4.90 Å². The molecule has 27 heavy (non-hydrogen) atoms. The van der Waals surface area contributed by atoms with Crippen molar-refractivity contribution in [1.82, 2.24) is 15.1 Å². The predicted molar refractivity (Wildman–Crippen MR) is 98.5 cm³/mol. The first kappa shape index (κ1) is 19.3. The molecule has 2 aliphatic heterocycles. The van der Waals surface area contributed by atoms with E-state index in [-0.39, 0.29) is 29.5 Å². The Kier molecular flexibility index (Phi) is 6.42. The topological polar surface area (TPSA) is 69.7 Å². The van der Waals surface area contributed by atoms with Crippen LogP contribution in [0.4, 0.5) is 4.39 Å². The Bertz CT molecular complexity index is 684. The Morgan fingerprint density at radius 3 is 2.44 bits per heavy atom. The number of hydrogen-bond donors (Lipinski definition) is 1. The Hall–Kier alpha value is -2.44. The zero-order valence-electron chi connectivity index (χ0n) is 15.5. The molecule has 2 aliphatic rings. The maximum atomic E-state index is 13.0. The largest absolute Gasteiger partial charge is 0.356 e. The SMILES string of the molecule is O=C(NCCCN1CCCC1=O)C1CCN(C(=O)c2ccc(F)cc2)CC1. The van der Waals surface area contributed by atoms with Gasteiger partial charge in [-0.2, -0.15) is 0 Å². The van der Waals surface area contributed by atoms with Gasteiger partial charge in [-0.25, -0.2) is 4.39 Å². The zero-order chi connectivity index (χ0) is 19.2. The van der Waals surface area contributed by atoms with E-state index in [1.165, 1.54) is 24.3 Å². The molecule has 6 nitrogen and oxygen atoms in total. The van der Waals surface area contributed by atoms with Crippen LogP contribution >= 0.6 is 0 Å². The van der Waals surface area contributed by atoms with Gasteiger partial charge in [-0.05, 0) is 49.9 Å². The van der Waals surface area contributed by atoms with E-state index in [9.17, 15) is 18.8 Å². The van der Waals surface area contributed by atoms with Gasteiger partial charge in [0.1, 0.15) is 5.82 Å². The zero-order valence-corrected chi connectivity index (χ0v) is 15.5. The van der Waals surface area contributed by atoms with Gasteiger partial charge in [0.15, 0.2) is 0 Å². The summed E-state index contributed by atoms with van der Waals surface area (Å²) in [5.74, 6) is -0.341. The number of carbonyl (C=O) groups is 3. The molecular formula is C20H26FN3O3. The van der Waals surface area contributed by atoms with Gasteiger partial charge >= 0.3 is 0 Å². The lowest BCUT2D eigenvalue weighted by atomic mass is 9.95. The highest BCUT2D eigenvalue weighted by molar-refractivity contribution is 5.94. The van der Waals surface area contributed by atoms with E-state index in [2.05, 4.69) is 5.32 Å². The monoisotopic (exact) mass is 375 g/mol. The third-order valence-electron chi connectivity index (χ3n) is 5.32. The van der Waals surface area contributed by atoms with Crippen molar-refractivity contribution in [2.75, 3.05) is 32.7 Å². The van der Waals surface area contributed by atoms with Gasteiger partial charge in [0.05, 0.1) is 0 Å². The standard InChI is InChI=1S/C20H26FN3O3/c21-17-6-4-16(5-7-17)20(27)24-13-8-15(9-14-24)19(26)22-10-2-12-23-11-1-3-18(23)25/h4-7,15H,1-3,8-14H2,(H,22,26). The fourth-order valence-electron chi connectivity index (χ4n) is 3.69. The highest BCUT2D eigenvalue weighted by Gasteiger charge is 2.27. The van der Waals surface area contributed by atoms with Crippen molar-refractivity contribution in [2.45, 2.75) is 32.1 Å². The second-order valence-electron chi connectivity index (χ2n) is 7.20. The van der Waals surface area contributed by atoms with Gasteiger partial charge < -0.3 is 15.1 Å². The summed E-state index contributed by atoms with van der Waals surface area (Å²) in [5.41, 5.74) is 0.468. The number of halogens is 1. The van der Waals surface area contributed by atoms with E-state index in [1.54, 1.807) is 4.90 Å². The smallest absolute Gasteiger partial charge is 0.253 e. The summed E-state index contributed by atoms with van der Waals surface area (Å²) < 4.78 is 13.0. The molecule has 0 unspecified atom stereocenters. The molecule has 1 aromatic carbocycles. The number of piperidine rings is 1. The molecule has 146 valence electrons. The van der Waals surface area contributed by atoms with Crippen molar-refractivity contribution in [3.63, 3.8) is 0 Å². The summed E-state index contributed by atoms with van der Waals surface area (Å²) in [6.07, 6.45) is 3.59. The quantitative estimate of drug-likeness (QED) is 0.771. The molecule has 1 aromatic rings. The molecule has 2 heterocycles.